The predicted octanol–water partition coefficient (Wildman–Crippen LogP) is 3.18. The first kappa shape index (κ1) is 16.8. The van der Waals surface area contributed by atoms with Gasteiger partial charge in [-0.2, -0.15) is 13.2 Å². The zero-order valence-electron chi connectivity index (χ0n) is 12.5. The van der Waals surface area contributed by atoms with Gasteiger partial charge < -0.3 is 10.1 Å². The quantitative estimate of drug-likeness (QED) is 0.867. The highest BCUT2D eigenvalue weighted by Gasteiger charge is 2.30. The van der Waals surface area contributed by atoms with Crippen LogP contribution in [-0.2, 0) is 22.1 Å². The van der Waals surface area contributed by atoms with E-state index in [2.05, 4.69) is 10.1 Å². The van der Waals surface area contributed by atoms with Crippen molar-refractivity contribution in [1.29, 1.82) is 0 Å². The summed E-state index contributed by atoms with van der Waals surface area (Å²) in [6.45, 7) is 0.812. The molecule has 0 aliphatic carbocycles. The third-order valence-corrected chi connectivity index (χ3v) is 4.05. The van der Waals surface area contributed by atoms with Gasteiger partial charge in [0.2, 0.25) is 0 Å². The standard InChI is InChI=1S/C16H20F3NO2/c1-22-15(21)10-12-6-7-20-14(9-12)8-11-2-4-13(5-3-11)16(17,18)19/h2-5,12,14,20H,6-10H2,1H3/t12-,14-/m0/s1. The first-order valence-corrected chi connectivity index (χ1v) is 7.35. The first-order chi connectivity index (χ1) is 10.4. The fourth-order valence-electron chi connectivity index (χ4n) is 2.87. The van der Waals surface area contributed by atoms with Crippen LogP contribution in [0.4, 0.5) is 13.2 Å². The van der Waals surface area contributed by atoms with Crippen LogP contribution in [0.2, 0.25) is 0 Å². The molecule has 0 aromatic heterocycles. The zero-order chi connectivity index (χ0) is 16.2. The minimum absolute atomic E-state index is 0.181. The zero-order valence-corrected chi connectivity index (χ0v) is 12.5. The van der Waals surface area contributed by atoms with Crippen molar-refractivity contribution in [1.82, 2.24) is 5.32 Å². The molecule has 22 heavy (non-hydrogen) atoms. The van der Waals surface area contributed by atoms with E-state index in [9.17, 15) is 18.0 Å². The molecule has 1 N–H and O–H groups in total. The van der Waals surface area contributed by atoms with Gasteiger partial charge in [0.05, 0.1) is 12.7 Å². The maximum atomic E-state index is 12.5. The average molecular weight is 315 g/mol. The van der Waals surface area contributed by atoms with Gasteiger partial charge in [-0.3, -0.25) is 4.79 Å². The lowest BCUT2D eigenvalue weighted by Crippen LogP contribution is -2.40. The molecule has 122 valence electrons. The van der Waals surface area contributed by atoms with Gasteiger partial charge in [-0.05, 0) is 49.4 Å². The minimum atomic E-state index is -4.30. The Hall–Kier alpha value is -1.56. The van der Waals surface area contributed by atoms with Crippen LogP contribution in [0.5, 0.6) is 0 Å². The average Bonchev–Trinajstić information content (AvgIpc) is 2.47. The van der Waals surface area contributed by atoms with Crippen molar-refractivity contribution < 1.29 is 22.7 Å². The molecular formula is C16H20F3NO2. The Morgan fingerprint density at radius 1 is 1.32 bits per heavy atom. The van der Waals surface area contributed by atoms with Gasteiger partial charge in [-0.25, -0.2) is 0 Å². The van der Waals surface area contributed by atoms with Gasteiger partial charge in [-0.15, -0.1) is 0 Å². The molecule has 1 aromatic rings. The summed E-state index contributed by atoms with van der Waals surface area (Å²) in [4.78, 5) is 11.3. The van der Waals surface area contributed by atoms with E-state index in [0.717, 1.165) is 37.1 Å². The molecule has 1 saturated heterocycles. The molecule has 3 nitrogen and oxygen atoms in total. The van der Waals surface area contributed by atoms with Gasteiger partial charge in [-0.1, -0.05) is 12.1 Å². The number of alkyl halides is 3. The van der Waals surface area contributed by atoms with E-state index in [1.54, 1.807) is 0 Å². The highest BCUT2D eigenvalue weighted by atomic mass is 19.4. The summed E-state index contributed by atoms with van der Waals surface area (Å²) in [6.07, 6.45) is -1.49. The number of methoxy groups -OCH3 is 1. The predicted molar refractivity (Wildman–Crippen MR) is 76.3 cm³/mol. The third kappa shape index (κ3) is 4.73. The van der Waals surface area contributed by atoms with Crippen molar-refractivity contribution in [3.8, 4) is 0 Å². The molecule has 1 aliphatic heterocycles. The van der Waals surface area contributed by atoms with Gasteiger partial charge in [0, 0.05) is 12.5 Å². The number of carbonyl (C=O) groups is 1. The van der Waals surface area contributed by atoms with Crippen LogP contribution in [0.25, 0.3) is 0 Å². The van der Waals surface area contributed by atoms with Gasteiger partial charge in [0.25, 0.3) is 0 Å². The summed E-state index contributed by atoms with van der Waals surface area (Å²) >= 11 is 0. The summed E-state index contributed by atoms with van der Waals surface area (Å²) in [6, 6.07) is 5.46. The normalized spacial score (nSPS) is 22.4. The van der Waals surface area contributed by atoms with Gasteiger partial charge in [0.15, 0.2) is 0 Å². The van der Waals surface area contributed by atoms with Gasteiger partial charge in [0.1, 0.15) is 0 Å². The van der Waals surface area contributed by atoms with Crippen LogP contribution in [0.1, 0.15) is 30.4 Å². The second-order valence-corrected chi connectivity index (χ2v) is 5.72. The molecule has 1 aromatic carbocycles. The second-order valence-electron chi connectivity index (χ2n) is 5.72. The maximum absolute atomic E-state index is 12.5. The second kappa shape index (κ2) is 7.13. The van der Waals surface area contributed by atoms with Crippen LogP contribution in [-0.4, -0.2) is 25.7 Å². The molecule has 1 fully saturated rings. The lowest BCUT2D eigenvalue weighted by molar-refractivity contribution is -0.142. The van der Waals surface area contributed by atoms with E-state index >= 15 is 0 Å². The monoisotopic (exact) mass is 315 g/mol. The smallest absolute Gasteiger partial charge is 0.416 e. The molecule has 1 heterocycles. The topological polar surface area (TPSA) is 38.3 Å². The van der Waals surface area contributed by atoms with Gasteiger partial charge >= 0.3 is 12.1 Å². The Labute approximate surface area is 127 Å². The Morgan fingerprint density at radius 2 is 2.00 bits per heavy atom. The molecule has 0 unspecified atom stereocenters. The van der Waals surface area contributed by atoms with E-state index < -0.39 is 11.7 Å². The highest BCUT2D eigenvalue weighted by Crippen LogP contribution is 2.29. The van der Waals surface area contributed by atoms with Crippen LogP contribution >= 0.6 is 0 Å². The fraction of sp³-hybridized carbons (Fsp3) is 0.562. The maximum Gasteiger partial charge on any atom is 0.416 e. The molecule has 0 saturated carbocycles. The molecule has 0 spiro atoms. The molecule has 6 heteroatoms. The van der Waals surface area contributed by atoms with Crippen molar-refractivity contribution >= 4 is 5.97 Å². The SMILES string of the molecule is COC(=O)C[C@H]1CCN[C@@H](Cc2ccc(C(F)(F)F)cc2)C1. The van der Waals surface area contributed by atoms with Crippen molar-refractivity contribution in [3.63, 3.8) is 0 Å². The Balaban J connectivity index is 1.91. The number of nitrogens with one attached hydrogen (secondary N) is 1. The summed E-state index contributed by atoms with van der Waals surface area (Å²) in [5, 5.41) is 3.36. The van der Waals surface area contributed by atoms with E-state index in [4.69, 9.17) is 0 Å². The number of rotatable bonds is 4. The Kier molecular flexibility index (Phi) is 5.45. The lowest BCUT2D eigenvalue weighted by Gasteiger charge is -2.30. The number of piperidine rings is 1. The van der Waals surface area contributed by atoms with E-state index in [-0.39, 0.29) is 17.9 Å². The molecule has 2 rings (SSSR count). The summed E-state index contributed by atoms with van der Waals surface area (Å²) < 4.78 is 42.3. The Bertz CT molecular complexity index is 499. The molecule has 1 aliphatic rings. The Morgan fingerprint density at radius 3 is 2.59 bits per heavy atom. The molecule has 0 radical (unpaired) electrons. The number of halogens is 3. The number of benzene rings is 1. The van der Waals surface area contributed by atoms with Crippen LogP contribution in [0.3, 0.4) is 0 Å². The summed E-state index contributed by atoms with van der Waals surface area (Å²) in [5.74, 6) is 0.0633. The molecule has 0 bridgehead atoms. The number of hydrogen-bond donors (Lipinski definition) is 1. The number of esters is 1. The highest BCUT2D eigenvalue weighted by molar-refractivity contribution is 5.69. The largest absolute Gasteiger partial charge is 0.469 e. The molecular weight excluding hydrogens is 295 g/mol. The summed E-state index contributed by atoms with van der Waals surface area (Å²) in [5.41, 5.74) is 0.237. The minimum Gasteiger partial charge on any atom is -0.469 e. The first-order valence-electron chi connectivity index (χ1n) is 7.35. The third-order valence-electron chi connectivity index (χ3n) is 4.05. The van der Waals surface area contributed by atoms with Crippen molar-refractivity contribution in [2.45, 2.75) is 37.9 Å². The van der Waals surface area contributed by atoms with Crippen molar-refractivity contribution in [2.24, 2.45) is 5.92 Å². The summed E-state index contributed by atoms with van der Waals surface area (Å²) in [7, 11) is 1.38. The van der Waals surface area contributed by atoms with Crippen molar-refractivity contribution in [3.05, 3.63) is 35.4 Å². The van der Waals surface area contributed by atoms with Crippen LogP contribution in [0.15, 0.2) is 24.3 Å². The molecule has 2 atom stereocenters. The van der Waals surface area contributed by atoms with Crippen molar-refractivity contribution in [2.75, 3.05) is 13.7 Å². The fourth-order valence-corrected chi connectivity index (χ4v) is 2.87. The lowest BCUT2D eigenvalue weighted by atomic mass is 9.87. The van der Waals surface area contributed by atoms with Crippen LogP contribution in [0, 0.1) is 5.92 Å². The van der Waals surface area contributed by atoms with E-state index in [1.807, 2.05) is 0 Å². The van der Waals surface area contributed by atoms with E-state index in [1.165, 1.54) is 19.2 Å². The molecule has 0 amide bonds. The van der Waals surface area contributed by atoms with E-state index in [0.29, 0.717) is 12.8 Å². The van der Waals surface area contributed by atoms with Crippen LogP contribution < -0.4 is 5.32 Å². The number of hydrogen-bond acceptors (Lipinski definition) is 3. The number of carbonyl (C=O) groups excluding carboxylic acids is 1. The number of ether oxygens (including phenoxy) is 1.